The molecule has 0 fully saturated rings. The van der Waals surface area contributed by atoms with E-state index in [0.717, 1.165) is 15.8 Å². The number of aryl methyl sites for hydroxylation is 1. The van der Waals surface area contributed by atoms with Crippen molar-refractivity contribution in [3.63, 3.8) is 0 Å². The van der Waals surface area contributed by atoms with Gasteiger partial charge in [0.15, 0.2) is 4.80 Å². The number of fused-ring (bicyclic) bond motifs is 1. The number of terminal acetylenes is 1. The van der Waals surface area contributed by atoms with Crippen LogP contribution in [0.4, 0.5) is 0 Å². The molecule has 0 bridgehead atoms. The van der Waals surface area contributed by atoms with E-state index in [1.807, 2.05) is 29.7 Å². The van der Waals surface area contributed by atoms with Crippen LogP contribution in [-0.2, 0) is 6.54 Å². The Morgan fingerprint density at radius 3 is 2.83 bits per heavy atom. The lowest BCUT2D eigenvalue weighted by atomic mass is 10.2. The predicted molar refractivity (Wildman–Crippen MR) is 99.7 cm³/mol. The van der Waals surface area contributed by atoms with Gasteiger partial charge in [-0.3, -0.25) is 4.79 Å². The first-order chi connectivity index (χ1) is 11.5. The molecule has 1 amide bonds. The summed E-state index contributed by atoms with van der Waals surface area (Å²) in [5, 5.41) is 0.745. The molecule has 2 aromatic carbocycles. The maximum Gasteiger partial charge on any atom is 0.281 e. The molecule has 1 aromatic heterocycles. The Kier molecular flexibility index (Phi) is 4.77. The maximum atomic E-state index is 12.5. The topological polar surface area (TPSA) is 34.4 Å². The Balaban J connectivity index is 2.19. The number of hydrogen-bond acceptors (Lipinski definition) is 2. The summed E-state index contributed by atoms with van der Waals surface area (Å²) in [7, 11) is 0. The molecule has 0 atom stereocenters. The highest BCUT2D eigenvalue weighted by Gasteiger charge is 2.12. The fourth-order valence-corrected chi connectivity index (χ4v) is 3.81. The van der Waals surface area contributed by atoms with Crippen molar-refractivity contribution in [3.8, 4) is 12.3 Å². The average molecular weight is 375 g/mol. The van der Waals surface area contributed by atoms with E-state index >= 15 is 0 Å². The van der Waals surface area contributed by atoms with Crippen LogP contribution in [0.2, 0.25) is 10.0 Å². The number of thiazole rings is 1. The molecule has 6 heteroatoms. The molecule has 0 saturated heterocycles. The Hall–Kier alpha value is -2.06. The van der Waals surface area contributed by atoms with Crippen molar-refractivity contribution in [2.75, 3.05) is 0 Å². The lowest BCUT2D eigenvalue weighted by molar-refractivity contribution is 0.0998. The van der Waals surface area contributed by atoms with E-state index in [4.69, 9.17) is 29.6 Å². The van der Waals surface area contributed by atoms with Gasteiger partial charge < -0.3 is 4.57 Å². The zero-order valence-electron chi connectivity index (χ0n) is 12.7. The summed E-state index contributed by atoms with van der Waals surface area (Å²) < 4.78 is 2.87. The quantitative estimate of drug-likeness (QED) is 0.599. The standard InChI is InChI=1S/C18H12Cl2N2OS/c1-3-8-22-15-7-4-11(2)9-16(15)24-18(22)21-17(23)13-10-12(19)5-6-14(13)20/h1,4-7,9-10H,8H2,2H3. The summed E-state index contributed by atoms with van der Waals surface area (Å²) >= 11 is 13.4. The normalized spacial score (nSPS) is 11.7. The second-order valence-corrected chi connectivity index (χ2v) is 7.04. The second kappa shape index (κ2) is 6.82. The number of amides is 1. The number of rotatable bonds is 2. The minimum absolute atomic E-state index is 0.269. The molecule has 0 aliphatic rings. The molecule has 3 rings (SSSR count). The number of nitrogens with zero attached hydrogens (tertiary/aromatic N) is 2. The summed E-state index contributed by atoms with van der Waals surface area (Å²) in [6.07, 6.45) is 5.46. The lowest BCUT2D eigenvalue weighted by Gasteiger charge is -2.01. The number of carbonyl (C=O) groups is 1. The Labute approximate surface area is 153 Å². The summed E-state index contributed by atoms with van der Waals surface area (Å²) in [5.74, 6) is 2.15. The van der Waals surface area contributed by atoms with Crippen molar-refractivity contribution in [1.29, 1.82) is 0 Å². The lowest BCUT2D eigenvalue weighted by Crippen LogP contribution is -2.16. The third-order valence-corrected chi connectivity index (χ3v) is 5.05. The molecule has 3 nitrogen and oxygen atoms in total. The first kappa shape index (κ1) is 16.8. The fourth-order valence-electron chi connectivity index (χ4n) is 2.32. The van der Waals surface area contributed by atoms with E-state index in [1.54, 1.807) is 12.1 Å². The number of hydrogen-bond donors (Lipinski definition) is 0. The molecule has 0 spiro atoms. The Bertz CT molecular complexity index is 1060. The number of halogens is 2. The molecule has 0 aliphatic carbocycles. The van der Waals surface area contributed by atoms with Gasteiger partial charge in [0.25, 0.3) is 5.91 Å². The molecular formula is C18H12Cl2N2OS. The first-order valence-electron chi connectivity index (χ1n) is 7.07. The van der Waals surface area contributed by atoms with Crippen LogP contribution in [-0.4, -0.2) is 10.5 Å². The van der Waals surface area contributed by atoms with E-state index in [2.05, 4.69) is 10.9 Å². The number of aromatic nitrogens is 1. The molecule has 0 aliphatic heterocycles. The van der Waals surface area contributed by atoms with Crippen LogP contribution in [0.5, 0.6) is 0 Å². The predicted octanol–water partition coefficient (Wildman–Crippen LogP) is 4.69. The summed E-state index contributed by atoms with van der Waals surface area (Å²) in [5.41, 5.74) is 2.35. The van der Waals surface area contributed by atoms with E-state index in [0.29, 0.717) is 21.4 Å². The molecule has 0 radical (unpaired) electrons. The monoisotopic (exact) mass is 374 g/mol. The van der Waals surface area contributed by atoms with Crippen LogP contribution in [0, 0.1) is 19.3 Å². The maximum absolute atomic E-state index is 12.5. The van der Waals surface area contributed by atoms with Crippen molar-refractivity contribution < 1.29 is 4.79 Å². The third kappa shape index (κ3) is 3.25. The van der Waals surface area contributed by atoms with Crippen LogP contribution in [0.15, 0.2) is 41.4 Å². The zero-order chi connectivity index (χ0) is 17.3. The molecule has 1 heterocycles. The smallest absolute Gasteiger partial charge is 0.281 e. The largest absolute Gasteiger partial charge is 0.305 e. The van der Waals surface area contributed by atoms with Gasteiger partial charge in [-0.2, -0.15) is 4.99 Å². The van der Waals surface area contributed by atoms with Gasteiger partial charge in [-0.1, -0.05) is 46.5 Å². The van der Waals surface area contributed by atoms with Crippen LogP contribution in [0.25, 0.3) is 10.2 Å². The molecular weight excluding hydrogens is 363 g/mol. The van der Waals surface area contributed by atoms with Crippen LogP contribution >= 0.6 is 34.5 Å². The van der Waals surface area contributed by atoms with Crippen LogP contribution < -0.4 is 4.80 Å². The SMILES string of the molecule is C#CCn1c(=NC(=O)c2cc(Cl)ccc2Cl)sc2cc(C)ccc21. The number of benzene rings is 2. The van der Waals surface area contributed by atoms with Gasteiger partial charge in [0.2, 0.25) is 0 Å². The van der Waals surface area contributed by atoms with Crippen molar-refractivity contribution in [1.82, 2.24) is 4.57 Å². The highest BCUT2D eigenvalue weighted by atomic mass is 35.5. The van der Waals surface area contributed by atoms with Crippen molar-refractivity contribution in [2.45, 2.75) is 13.5 Å². The highest BCUT2D eigenvalue weighted by molar-refractivity contribution is 7.16. The van der Waals surface area contributed by atoms with Gasteiger partial charge in [-0.25, -0.2) is 0 Å². The van der Waals surface area contributed by atoms with E-state index in [1.165, 1.54) is 17.4 Å². The van der Waals surface area contributed by atoms with Gasteiger partial charge in [0.05, 0.1) is 27.3 Å². The summed E-state index contributed by atoms with van der Waals surface area (Å²) in [6.45, 7) is 2.34. The molecule has 0 saturated carbocycles. The first-order valence-corrected chi connectivity index (χ1v) is 8.64. The molecule has 0 N–H and O–H groups in total. The van der Waals surface area contributed by atoms with Gasteiger partial charge in [0, 0.05) is 5.02 Å². The van der Waals surface area contributed by atoms with Gasteiger partial charge >= 0.3 is 0 Å². The minimum atomic E-state index is -0.448. The number of carbonyl (C=O) groups excluding carboxylic acids is 1. The molecule has 120 valence electrons. The third-order valence-electron chi connectivity index (χ3n) is 3.44. The van der Waals surface area contributed by atoms with Crippen LogP contribution in [0.3, 0.4) is 0 Å². The van der Waals surface area contributed by atoms with E-state index in [9.17, 15) is 4.79 Å². The molecule has 24 heavy (non-hydrogen) atoms. The van der Waals surface area contributed by atoms with E-state index in [-0.39, 0.29) is 5.56 Å². The highest BCUT2D eigenvalue weighted by Crippen LogP contribution is 2.22. The second-order valence-electron chi connectivity index (χ2n) is 5.19. The van der Waals surface area contributed by atoms with Gasteiger partial charge in [-0.05, 0) is 42.8 Å². The molecule has 0 unspecified atom stereocenters. The Morgan fingerprint density at radius 2 is 2.08 bits per heavy atom. The van der Waals surface area contributed by atoms with E-state index < -0.39 is 5.91 Å². The van der Waals surface area contributed by atoms with Crippen molar-refractivity contribution in [3.05, 3.63) is 62.4 Å². The van der Waals surface area contributed by atoms with Crippen LogP contribution in [0.1, 0.15) is 15.9 Å². The van der Waals surface area contributed by atoms with Gasteiger partial charge in [-0.15, -0.1) is 6.42 Å². The van der Waals surface area contributed by atoms with Crippen molar-refractivity contribution >= 4 is 50.7 Å². The van der Waals surface area contributed by atoms with Gasteiger partial charge in [0.1, 0.15) is 0 Å². The minimum Gasteiger partial charge on any atom is -0.305 e. The summed E-state index contributed by atoms with van der Waals surface area (Å²) in [4.78, 5) is 17.3. The average Bonchev–Trinajstić information content (AvgIpc) is 2.86. The fraction of sp³-hybridized carbons (Fsp3) is 0.111. The summed E-state index contributed by atoms with van der Waals surface area (Å²) in [6, 6.07) is 10.7. The zero-order valence-corrected chi connectivity index (χ0v) is 15.0. The molecule has 3 aromatic rings. The Morgan fingerprint density at radius 1 is 1.29 bits per heavy atom. The van der Waals surface area contributed by atoms with Crippen molar-refractivity contribution in [2.24, 2.45) is 4.99 Å².